The molecule has 1 atom stereocenters. The molecule has 1 aliphatic heterocycles. The van der Waals surface area contributed by atoms with Crippen LogP contribution in [0, 0.1) is 11.8 Å². The number of carbonyl (C=O) groups is 3. The molecule has 0 spiro atoms. The van der Waals surface area contributed by atoms with Gasteiger partial charge in [0.15, 0.2) is 0 Å². The summed E-state index contributed by atoms with van der Waals surface area (Å²) in [5.41, 5.74) is 0. The van der Waals surface area contributed by atoms with E-state index in [4.69, 9.17) is 0 Å². The van der Waals surface area contributed by atoms with E-state index in [2.05, 4.69) is 5.32 Å². The second-order valence-electron chi connectivity index (χ2n) is 6.04. The second kappa shape index (κ2) is 6.91. The molecule has 118 valence electrons. The van der Waals surface area contributed by atoms with Crippen molar-refractivity contribution < 1.29 is 14.4 Å². The Bertz CT molecular complexity index is 418. The molecule has 0 unspecified atom stereocenters. The van der Waals surface area contributed by atoms with Gasteiger partial charge in [-0.3, -0.25) is 14.4 Å². The molecule has 0 aromatic rings. The molecule has 0 radical (unpaired) electrons. The molecule has 1 heterocycles. The predicted octanol–water partition coefficient (Wildman–Crippen LogP) is 0.230. The molecule has 1 saturated heterocycles. The van der Waals surface area contributed by atoms with E-state index in [9.17, 15) is 14.4 Å². The molecule has 0 bridgehead atoms. The Kier molecular flexibility index (Phi) is 5.20. The van der Waals surface area contributed by atoms with E-state index >= 15 is 0 Å². The van der Waals surface area contributed by atoms with E-state index in [1.165, 1.54) is 6.92 Å². The molecular weight excluding hydrogens is 270 g/mol. The molecule has 21 heavy (non-hydrogen) atoms. The summed E-state index contributed by atoms with van der Waals surface area (Å²) in [6.07, 6.45) is 4.14. The van der Waals surface area contributed by atoms with Gasteiger partial charge in [-0.2, -0.15) is 0 Å². The highest BCUT2D eigenvalue weighted by Crippen LogP contribution is 2.27. The highest BCUT2D eigenvalue weighted by atomic mass is 16.2. The third kappa shape index (κ3) is 3.74. The number of nitrogens with one attached hydrogen (secondary N) is 1. The first-order chi connectivity index (χ1) is 10.0. The molecule has 1 N–H and O–H groups in total. The molecule has 2 rings (SSSR count). The summed E-state index contributed by atoms with van der Waals surface area (Å²) in [6.45, 7) is 3.36. The SMILES string of the molecule is CNC(=O)[C@@H]1CN(C(C)=O)CCN(C(=O)C2CCCC2)C1. The quantitative estimate of drug-likeness (QED) is 0.793. The summed E-state index contributed by atoms with van der Waals surface area (Å²) in [7, 11) is 1.59. The first kappa shape index (κ1) is 15.8. The van der Waals surface area contributed by atoms with Crippen molar-refractivity contribution in [2.75, 3.05) is 33.2 Å². The van der Waals surface area contributed by atoms with Crippen LogP contribution in [0.2, 0.25) is 0 Å². The number of nitrogens with zero attached hydrogens (tertiary/aromatic N) is 2. The predicted molar refractivity (Wildman–Crippen MR) is 78.3 cm³/mol. The maximum absolute atomic E-state index is 12.6. The lowest BCUT2D eigenvalue weighted by atomic mass is 10.0. The Hall–Kier alpha value is -1.59. The molecule has 1 aliphatic carbocycles. The highest BCUT2D eigenvalue weighted by molar-refractivity contribution is 5.83. The summed E-state index contributed by atoms with van der Waals surface area (Å²) in [5.74, 6) is -0.218. The van der Waals surface area contributed by atoms with Gasteiger partial charge in [0.05, 0.1) is 5.92 Å². The van der Waals surface area contributed by atoms with Gasteiger partial charge in [-0.1, -0.05) is 12.8 Å². The van der Waals surface area contributed by atoms with Crippen LogP contribution in [0.3, 0.4) is 0 Å². The molecule has 2 aliphatic rings. The molecule has 2 fully saturated rings. The van der Waals surface area contributed by atoms with Crippen molar-refractivity contribution in [1.82, 2.24) is 15.1 Å². The minimum Gasteiger partial charge on any atom is -0.359 e. The zero-order chi connectivity index (χ0) is 15.4. The summed E-state index contributed by atoms with van der Waals surface area (Å²) in [5, 5.41) is 2.64. The lowest BCUT2D eigenvalue weighted by molar-refractivity contribution is -0.136. The van der Waals surface area contributed by atoms with Crippen LogP contribution in [-0.2, 0) is 14.4 Å². The summed E-state index contributed by atoms with van der Waals surface area (Å²) >= 11 is 0. The summed E-state index contributed by atoms with van der Waals surface area (Å²) in [6, 6.07) is 0. The van der Waals surface area contributed by atoms with Crippen LogP contribution in [0.4, 0.5) is 0 Å². The van der Waals surface area contributed by atoms with Crippen molar-refractivity contribution in [2.24, 2.45) is 11.8 Å². The molecular formula is C15H25N3O3. The van der Waals surface area contributed by atoms with Gasteiger partial charge in [-0.05, 0) is 12.8 Å². The van der Waals surface area contributed by atoms with Gasteiger partial charge in [-0.25, -0.2) is 0 Å². The van der Waals surface area contributed by atoms with Crippen LogP contribution in [0.25, 0.3) is 0 Å². The van der Waals surface area contributed by atoms with Crippen LogP contribution < -0.4 is 5.32 Å². The first-order valence-corrected chi connectivity index (χ1v) is 7.78. The smallest absolute Gasteiger partial charge is 0.226 e. The molecule has 3 amide bonds. The van der Waals surface area contributed by atoms with Gasteiger partial charge in [0, 0.05) is 46.1 Å². The average molecular weight is 295 g/mol. The van der Waals surface area contributed by atoms with Crippen molar-refractivity contribution in [3.8, 4) is 0 Å². The van der Waals surface area contributed by atoms with Crippen LogP contribution in [0.15, 0.2) is 0 Å². The minimum absolute atomic E-state index is 0.0425. The lowest BCUT2D eigenvalue weighted by Crippen LogP contribution is -2.43. The van der Waals surface area contributed by atoms with Crippen molar-refractivity contribution in [3.05, 3.63) is 0 Å². The lowest BCUT2D eigenvalue weighted by Gasteiger charge is -2.25. The van der Waals surface area contributed by atoms with E-state index in [1.807, 2.05) is 0 Å². The Morgan fingerprint density at radius 3 is 2.10 bits per heavy atom. The van der Waals surface area contributed by atoms with E-state index in [0.29, 0.717) is 26.2 Å². The van der Waals surface area contributed by atoms with E-state index < -0.39 is 0 Å². The van der Waals surface area contributed by atoms with Crippen molar-refractivity contribution in [2.45, 2.75) is 32.6 Å². The molecule has 6 nitrogen and oxygen atoms in total. The van der Waals surface area contributed by atoms with Crippen molar-refractivity contribution in [1.29, 1.82) is 0 Å². The van der Waals surface area contributed by atoms with Gasteiger partial charge in [0.25, 0.3) is 0 Å². The Labute approximate surface area is 125 Å². The Balaban J connectivity index is 2.09. The summed E-state index contributed by atoms with van der Waals surface area (Å²) in [4.78, 5) is 39.7. The molecule has 6 heteroatoms. The largest absolute Gasteiger partial charge is 0.359 e. The fourth-order valence-electron chi connectivity index (χ4n) is 3.30. The third-order valence-corrected chi connectivity index (χ3v) is 4.60. The summed E-state index contributed by atoms with van der Waals surface area (Å²) < 4.78 is 0. The van der Waals surface area contributed by atoms with E-state index in [1.54, 1.807) is 16.8 Å². The number of hydrogen-bond acceptors (Lipinski definition) is 3. The molecule has 0 aromatic carbocycles. The van der Waals surface area contributed by atoms with Crippen LogP contribution >= 0.6 is 0 Å². The molecule has 1 saturated carbocycles. The standard InChI is InChI=1S/C15H25N3O3/c1-11(19)17-7-8-18(10-13(9-17)14(20)16-2)15(21)12-5-3-4-6-12/h12-13H,3-10H2,1-2H3,(H,16,20)/t13-/m1/s1. The minimum atomic E-state index is -0.341. The second-order valence-corrected chi connectivity index (χ2v) is 6.04. The topological polar surface area (TPSA) is 69.7 Å². The fourth-order valence-corrected chi connectivity index (χ4v) is 3.30. The van der Waals surface area contributed by atoms with Crippen LogP contribution in [0.1, 0.15) is 32.6 Å². The Morgan fingerprint density at radius 1 is 0.952 bits per heavy atom. The third-order valence-electron chi connectivity index (χ3n) is 4.60. The van der Waals surface area contributed by atoms with Crippen LogP contribution in [0.5, 0.6) is 0 Å². The average Bonchev–Trinajstić information content (AvgIpc) is 2.91. The van der Waals surface area contributed by atoms with Crippen molar-refractivity contribution >= 4 is 17.7 Å². The zero-order valence-corrected chi connectivity index (χ0v) is 12.9. The maximum atomic E-state index is 12.6. The van der Waals surface area contributed by atoms with Gasteiger partial charge in [-0.15, -0.1) is 0 Å². The highest BCUT2D eigenvalue weighted by Gasteiger charge is 2.33. The van der Waals surface area contributed by atoms with Gasteiger partial charge in [0.1, 0.15) is 0 Å². The van der Waals surface area contributed by atoms with Crippen LogP contribution in [-0.4, -0.2) is 60.7 Å². The maximum Gasteiger partial charge on any atom is 0.226 e. The fraction of sp³-hybridized carbons (Fsp3) is 0.800. The molecule has 0 aromatic heterocycles. The van der Waals surface area contributed by atoms with Crippen molar-refractivity contribution in [3.63, 3.8) is 0 Å². The zero-order valence-electron chi connectivity index (χ0n) is 12.9. The van der Waals surface area contributed by atoms with Gasteiger partial charge < -0.3 is 15.1 Å². The number of amides is 3. The van der Waals surface area contributed by atoms with Gasteiger partial charge in [0.2, 0.25) is 17.7 Å². The van der Waals surface area contributed by atoms with Gasteiger partial charge >= 0.3 is 0 Å². The number of rotatable bonds is 2. The monoisotopic (exact) mass is 295 g/mol. The van der Waals surface area contributed by atoms with E-state index in [-0.39, 0.29) is 29.6 Å². The number of hydrogen-bond donors (Lipinski definition) is 1. The number of carbonyl (C=O) groups excluding carboxylic acids is 3. The normalized spacial score (nSPS) is 23.8. The Morgan fingerprint density at radius 2 is 1.52 bits per heavy atom. The first-order valence-electron chi connectivity index (χ1n) is 7.78. The van der Waals surface area contributed by atoms with E-state index in [0.717, 1.165) is 25.7 Å².